The number of para-hydroxylation sites is 1. The van der Waals surface area contributed by atoms with Crippen molar-refractivity contribution in [1.82, 2.24) is 15.1 Å². The predicted molar refractivity (Wildman–Crippen MR) is 111 cm³/mol. The number of methoxy groups -OCH3 is 4. The van der Waals surface area contributed by atoms with Crippen LogP contribution < -0.4 is 18.9 Å². The van der Waals surface area contributed by atoms with Crippen molar-refractivity contribution in [2.24, 2.45) is 0 Å². The van der Waals surface area contributed by atoms with Gasteiger partial charge in [-0.2, -0.15) is 4.98 Å². The zero-order chi connectivity index (χ0) is 21.3. The standard InChI is InChI=1S/C22H21N3O5/c1-12-7-6-8-13-9-15(22(29-5)23-18(12)13)20-24-21(30-25-20)14-10-16(26-2)19(28-4)17(11-14)27-3/h6-11H,1-5H3. The van der Waals surface area contributed by atoms with Gasteiger partial charge < -0.3 is 23.5 Å². The zero-order valence-electron chi connectivity index (χ0n) is 17.3. The van der Waals surface area contributed by atoms with Gasteiger partial charge in [0.25, 0.3) is 5.89 Å². The van der Waals surface area contributed by atoms with E-state index in [1.807, 2.05) is 31.2 Å². The average Bonchev–Trinajstić information content (AvgIpc) is 3.27. The molecule has 0 fully saturated rings. The summed E-state index contributed by atoms with van der Waals surface area (Å²) in [4.78, 5) is 9.17. The number of pyridine rings is 1. The molecule has 2 aromatic carbocycles. The van der Waals surface area contributed by atoms with Crippen molar-refractivity contribution in [1.29, 1.82) is 0 Å². The number of nitrogens with zero attached hydrogens (tertiary/aromatic N) is 3. The highest BCUT2D eigenvalue weighted by atomic mass is 16.5. The number of hydrogen-bond donors (Lipinski definition) is 0. The Hall–Kier alpha value is -3.81. The lowest BCUT2D eigenvalue weighted by Gasteiger charge is -2.12. The van der Waals surface area contributed by atoms with Gasteiger partial charge in [-0.1, -0.05) is 23.4 Å². The van der Waals surface area contributed by atoms with Crippen LogP contribution in [0.25, 0.3) is 33.7 Å². The Kier molecular flexibility index (Phi) is 5.14. The third kappa shape index (κ3) is 3.26. The summed E-state index contributed by atoms with van der Waals surface area (Å²) in [5, 5.41) is 5.10. The third-order valence-corrected chi connectivity index (χ3v) is 4.78. The van der Waals surface area contributed by atoms with Crippen LogP contribution in [0.5, 0.6) is 23.1 Å². The Morgan fingerprint density at radius 3 is 2.20 bits per heavy atom. The molecule has 0 N–H and O–H groups in total. The first-order valence-electron chi connectivity index (χ1n) is 9.18. The third-order valence-electron chi connectivity index (χ3n) is 4.78. The average molecular weight is 407 g/mol. The Morgan fingerprint density at radius 2 is 1.57 bits per heavy atom. The Morgan fingerprint density at radius 1 is 0.833 bits per heavy atom. The molecule has 0 radical (unpaired) electrons. The van der Waals surface area contributed by atoms with Crippen LogP contribution in [-0.4, -0.2) is 43.6 Å². The number of aromatic nitrogens is 3. The molecule has 0 spiro atoms. The molecule has 2 aromatic heterocycles. The van der Waals surface area contributed by atoms with Gasteiger partial charge in [-0.3, -0.25) is 0 Å². The molecule has 30 heavy (non-hydrogen) atoms. The lowest BCUT2D eigenvalue weighted by Crippen LogP contribution is -1.96. The van der Waals surface area contributed by atoms with Crippen LogP contribution in [0.1, 0.15) is 5.56 Å². The summed E-state index contributed by atoms with van der Waals surface area (Å²) in [6.45, 7) is 2.01. The smallest absolute Gasteiger partial charge is 0.258 e. The fourth-order valence-electron chi connectivity index (χ4n) is 3.30. The van der Waals surface area contributed by atoms with Crippen LogP contribution in [0.15, 0.2) is 40.9 Å². The van der Waals surface area contributed by atoms with E-state index in [-0.39, 0.29) is 0 Å². The monoisotopic (exact) mass is 407 g/mol. The summed E-state index contributed by atoms with van der Waals surface area (Å²) in [5.41, 5.74) is 3.19. The van der Waals surface area contributed by atoms with Crippen molar-refractivity contribution in [3.05, 3.63) is 42.0 Å². The molecule has 154 valence electrons. The second-order valence-electron chi connectivity index (χ2n) is 6.53. The number of aryl methyl sites for hydroxylation is 1. The summed E-state index contributed by atoms with van der Waals surface area (Å²) in [6, 6.07) is 11.4. The molecular weight excluding hydrogens is 386 g/mol. The van der Waals surface area contributed by atoms with E-state index in [2.05, 4.69) is 15.1 Å². The minimum atomic E-state index is 0.302. The maximum atomic E-state index is 5.52. The maximum Gasteiger partial charge on any atom is 0.258 e. The Balaban J connectivity index is 1.82. The first kappa shape index (κ1) is 19.5. The van der Waals surface area contributed by atoms with Gasteiger partial charge in [0.1, 0.15) is 0 Å². The topological polar surface area (TPSA) is 88.7 Å². The molecule has 0 amide bonds. The van der Waals surface area contributed by atoms with Gasteiger partial charge in [-0.05, 0) is 30.7 Å². The normalized spacial score (nSPS) is 10.8. The molecule has 0 unspecified atom stereocenters. The molecule has 8 heteroatoms. The van der Waals surface area contributed by atoms with Crippen LogP contribution >= 0.6 is 0 Å². The lowest BCUT2D eigenvalue weighted by molar-refractivity contribution is 0.324. The largest absolute Gasteiger partial charge is 0.493 e. The zero-order valence-corrected chi connectivity index (χ0v) is 17.3. The van der Waals surface area contributed by atoms with Gasteiger partial charge in [0, 0.05) is 10.9 Å². The van der Waals surface area contributed by atoms with Crippen molar-refractivity contribution in [2.45, 2.75) is 6.92 Å². The molecule has 2 heterocycles. The Bertz CT molecular complexity index is 1190. The van der Waals surface area contributed by atoms with Gasteiger partial charge in [0.2, 0.25) is 17.5 Å². The van der Waals surface area contributed by atoms with Crippen molar-refractivity contribution >= 4 is 10.9 Å². The van der Waals surface area contributed by atoms with Gasteiger partial charge in [-0.25, -0.2) is 4.98 Å². The molecule has 0 atom stereocenters. The van der Waals surface area contributed by atoms with E-state index in [4.69, 9.17) is 23.5 Å². The van der Waals surface area contributed by atoms with Crippen LogP contribution in [0, 0.1) is 6.92 Å². The van der Waals surface area contributed by atoms with E-state index in [1.54, 1.807) is 40.6 Å². The minimum absolute atomic E-state index is 0.302. The fraction of sp³-hybridized carbons (Fsp3) is 0.227. The number of rotatable bonds is 6. The van der Waals surface area contributed by atoms with E-state index in [1.165, 1.54) is 0 Å². The molecular formula is C22H21N3O5. The van der Waals surface area contributed by atoms with Crippen LogP contribution in [0.3, 0.4) is 0 Å². The molecule has 8 nitrogen and oxygen atoms in total. The number of benzene rings is 2. The summed E-state index contributed by atoms with van der Waals surface area (Å²) in [7, 11) is 6.21. The molecule has 0 bridgehead atoms. The van der Waals surface area contributed by atoms with Crippen LogP contribution in [0.2, 0.25) is 0 Å². The summed E-state index contributed by atoms with van der Waals surface area (Å²) < 4.78 is 27.2. The number of fused-ring (bicyclic) bond motifs is 1. The van der Waals surface area contributed by atoms with Crippen molar-refractivity contribution in [2.75, 3.05) is 28.4 Å². The van der Waals surface area contributed by atoms with Crippen molar-refractivity contribution < 1.29 is 23.5 Å². The second kappa shape index (κ2) is 7.90. The SMILES string of the molecule is COc1cc(-c2nc(-c3cc4cccc(C)c4nc3OC)no2)cc(OC)c1OC. The molecule has 0 aliphatic rings. The lowest BCUT2D eigenvalue weighted by atomic mass is 10.1. The van der Waals surface area contributed by atoms with Crippen molar-refractivity contribution in [3.63, 3.8) is 0 Å². The van der Waals surface area contributed by atoms with Crippen LogP contribution in [-0.2, 0) is 0 Å². The van der Waals surface area contributed by atoms with E-state index in [0.29, 0.717) is 46.0 Å². The van der Waals surface area contributed by atoms with Crippen LogP contribution in [0.4, 0.5) is 0 Å². The highest BCUT2D eigenvalue weighted by Crippen LogP contribution is 2.41. The van der Waals surface area contributed by atoms with Gasteiger partial charge in [-0.15, -0.1) is 0 Å². The number of hydrogen-bond acceptors (Lipinski definition) is 8. The predicted octanol–water partition coefficient (Wildman–Crippen LogP) is 4.29. The second-order valence-corrected chi connectivity index (χ2v) is 6.53. The highest BCUT2D eigenvalue weighted by molar-refractivity contribution is 5.87. The van der Waals surface area contributed by atoms with E-state index < -0.39 is 0 Å². The molecule has 4 rings (SSSR count). The first-order valence-corrected chi connectivity index (χ1v) is 9.18. The highest BCUT2D eigenvalue weighted by Gasteiger charge is 2.20. The van der Waals surface area contributed by atoms with Crippen molar-refractivity contribution in [3.8, 4) is 46.0 Å². The minimum Gasteiger partial charge on any atom is -0.493 e. The maximum absolute atomic E-state index is 5.52. The molecule has 0 saturated heterocycles. The van der Waals surface area contributed by atoms with E-state index >= 15 is 0 Å². The van der Waals surface area contributed by atoms with Gasteiger partial charge in [0.05, 0.1) is 39.5 Å². The van der Waals surface area contributed by atoms with E-state index in [9.17, 15) is 0 Å². The summed E-state index contributed by atoms with van der Waals surface area (Å²) in [5.74, 6) is 2.56. The fourth-order valence-corrected chi connectivity index (χ4v) is 3.30. The Labute approximate surface area is 173 Å². The van der Waals surface area contributed by atoms with Gasteiger partial charge in [0.15, 0.2) is 11.5 Å². The molecule has 0 aliphatic carbocycles. The van der Waals surface area contributed by atoms with Gasteiger partial charge >= 0.3 is 0 Å². The number of ether oxygens (including phenoxy) is 4. The summed E-state index contributed by atoms with van der Waals surface area (Å²) in [6.07, 6.45) is 0. The first-order chi connectivity index (χ1) is 14.6. The summed E-state index contributed by atoms with van der Waals surface area (Å²) >= 11 is 0. The molecule has 0 aliphatic heterocycles. The quantitative estimate of drug-likeness (QED) is 0.468. The molecule has 4 aromatic rings. The molecule has 0 saturated carbocycles. The van der Waals surface area contributed by atoms with E-state index in [0.717, 1.165) is 16.5 Å².